The van der Waals surface area contributed by atoms with Crippen molar-refractivity contribution in [2.24, 2.45) is 11.3 Å². The number of halogens is 3. The van der Waals surface area contributed by atoms with Gasteiger partial charge in [-0.05, 0) is 80.0 Å². The molecule has 39 heavy (non-hydrogen) atoms. The Morgan fingerprint density at radius 1 is 1.08 bits per heavy atom. The molecule has 4 rings (SSSR count). The zero-order valence-electron chi connectivity index (χ0n) is 23.2. The van der Waals surface area contributed by atoms with Crippen LogP contribution >= 0.6 is 11.3 Å². The van der Waals surface area contributed by atoms with E-state index in [0.29, 0.717) is 5.75 Å². The molecule has 1 heterocycles. The lowest BCUT2D eigenvalue weighted by molar-refractivity contribution is -0.264. The van der Waals surface area contributed by atoms with Gasteiger partial charge < -0.3 is 14.2 Å². The minimum atomic E-state index is -4.60. The molecule has 3 unspecified atom stereocenters. The van der Waals surface area contributed by atoms with Crippen LogP contribution in [0.2, 0.25) is 0 Å². The molecular weight excluding hydrogens is 525 g/mol. The number of carbonyl (C=O) groups excluding carboxylic acids is 1. The van der Waals surface area contributed by atoms with E-state index in [2.05, 4.69) is 31.2 Å². The highest BCUT2D eigenvalue weighted by Gasteiger charge is 2.66. The summed E-state index contributed by atoms with van der Waals surface area (Å²) in [5.41, 5.74) is -0.0857. The van der Waals surface area contributed by atoms with E-state index in [4.69, 9.17) is 14.2 Å². The van der Waals surface area contributed by atoms with Gasteiger partial charge in [-0.2, -0.15) is 13.2 Å². The van der Waals surface area contributed by atoms with Crippen molar-refractivity contribution in [3.63, 3.8) is 0 Å². The van der Waals surface area contributed by atoms with Crippen molar-refractivity contribution in [2.75, 3.05) is 7.11 Å². The predicted octanol–water partition coefficient (Wildman–Crippen LogP) is 8.99. The second-order valence-corrected chi connectivity index (χ2v) is 11.9. The molecule has 3 atom stereocenters. The normalized spacial score (nSPS) is 21.5. The number of esters is 1. The van der Waals surface area contributed by atoms with Crippen molar-refractivity contribution in [3.8, 4) is 21.9 Å². The number of hydrogen-bond donors (Lipinski definition) is 0. The molecule has 3 aromatic rings. The Hall–Kier alpha value is -2.74. The van der Waals surface area contributed by atoms with Crippen molar-refractivity contribution in [3.05, 3.63) is 48.0 Å². The lowest BCUT2D eigenvalue weighted by atomic mass is 9.83. The highest BCUT2D eigenvalue weighted by molar-refractivity contribution is 7.22. The molecule has 1 fully saturated rings. The first-order valence-electron chi connectivity index (χ1n) is 13.6. The minimum Gasteiger partial charge on any atom is -0.496 e. The fourth-order valence-corrected chi connectivity index (χ4v) is 6.29. The lowest BCUT2D eigenvalue weighted by Crippen LogP contribution is -2.52. The van der Waals surface area contributed by atoms with Crippen LogP contribution in [0.4, 0.5) is 13.2 Å². The Balaban J connectivity index is 1.57. The second kappa shape index (κ2) is 11.8. The maximum absolute atomic E-state index is 14.3. The third-order valence-electron chi connectivity index (χ3n) is 7.74. The number of rotatable bonds is 10. The number of ether oxygens (including phenoxy) is 3. The predicted molar refractivity (Wildman–Crippen MR) is 150 cm³/mol. The SMILES string of the molecule is CCCCCc1ccc(-c2cc3ccc(OC4CCC(OC(=O)C(C)C)C4(C)C(F)(F)F)cc3s2)c(OC)c1. The first-order chi connectivity index (χ1) is 18.5. The van der Waals surface area contributed by atoms with Gasteiger partial charge in [-0.25, -0.2) is 0 Å². The number of unbranched alkanes of at least 4 members (excludes halogenated alkanes) is 2. The lowest BCUT2D eigenvalue weighted by Gasteiger charge is -2.37. The van der Waals surface area contributed by atoms with Gasteiger partial charge in [0.2, 0.25) is 0 Å². The van der Waals surface area contributed by atoms with E-state index in [-0.39, 0.29) is 12.8 Å². The fraction of sp³-hybridized carbons (Fsp3) is 0.516. The van der Waals surface area contributed by atoms with Crippen molar-refractivity contribution < 1.29 is 32.2 Å². The molecule has 1 aliphatic carbocycles. The van der Waals surface area contributed by atoms with Crippen LogP contribution in [0.3, 0.4) is 0 Å². The van der Waals surface area contributed by atoms with Crippen LogP contribution in [0.25, 0.3) is 20.5 Å². The van der Waals surface area contributed by atoms with Gasteiger partial charge >= 0.3 is 12.1 Å². The number of thiophene rings is 1. The minimum absolute atomic E-state index is 0.0960. The van der Waals surface area contributed by atoms with E-state index < -0.39 is 35.7 Å². The van der Waals surface area contributed by atoms with Gasteiger partial charge in [-0.1, -0.05) is 39.7 Å². The summed E-state index contributed by atoms with van der Waals surface area (Å²) in [4.78, 5) is 13.1. The van der Waals surface area contributed by atoms with Crippen molar-refractivity contribution >= 4 is 27.4 Å². The number of fused-ring (bicyclic) bond motifs is 1. The standard InChI is InChI=1S/C31H37F3O4S/c1-6-7-8-9-20-10-13-23(24(16-20)36-5)26-17-21-11-12-22(18-25(21)39-26)37-27-14-15-28(38-29(35)19(2)3)30(27,4)31(32,33)34/h10-13,16-19,27-28H,6-9,14-15H2,1-5H3. The molecule has 1 saturated carbocycles. The van der Waals surface area contributed by atoms with E-state index in [1.807, 2.05) is 6.07 Å². The first kappa shape index (κ1) is 29.2. The van der Waals surface area contributed by atoms with Crippen LogP contribution in [0.15, 0.2) is 42.5 Å². The summed E-state index contributed by atoms with van der Waals surface area (Å²) in [5.74, 6) is 0.0354. The van der Waals surface area contributed by atoms with Gasteiger partial charge in [0.05, 0.1) is 13.0 Å². The molecule has 0 spiro atoms. The molecule has 1 aromatic heterocycles. The number of benzene rings is 2. The van der Waals surface area contributed by atoms with Gasteiger partial charge in [-0.3, -0.25) is 4.79 Å². The van der Waals surface area contributed by atoms with Crippen LogP contribution in [0.1, 0.15) is 65.4 Å². The molecule has 4 nitrogen and oxygen atoms in total. The summed E-state index contributed by atoms with van der Waals surface area (Å²) in [6.07, 6.45) is -2.31. The van der Waals surface area contributed by atoms with E-state index in [1.165, 1.54) is 18.4 Å². The highest BCUT2D eigenvalue weighted by Crippen LogP contribution is 2.53. The fourth-order valence-electron chi connectivity index (χ4n) is 5.17. The number of hydrogen-bond acceptors (Lipinski definition) is 5. The Kier molecular flexibility index (Phi) is 8.84. The van der Waals surface area contributed by atoms with E-state index >= 15 is 0 Å². The van der Waals surface area contributed by atoms with Crippen LogP contribution in [0.5, 0.6) is 11.5 Å². The summed E-state index contributed by atoms with van der Waals surface area (Å²) in [6, 6.07) is 13.7. The number of alkyl halides is 3. The molecule has 0 saturated heterocycles. The van der Waals surface area contributed by atoms with Crippen LogP contribution < -0.4 is 9.47 Å². The quantitative estimate of drug-likeness (QED) is 0.183. The smallest absolute Gasteiger partial charge is 0.401 e. The Morgan fingerprint density at radius 3 is 2.49 bits per heavy atom. The maximum Gasteiger partial charge on any atom is 0.401 e. The molecule has 0 N–H and O–H groups in total. The molecule has 212 valence electrons. The molecule has 0 bridgehead atoms. The Morgan fingerprint density at radius 2 is 1.82 bits per heavy atom. The van der Waals surface area contributed by atoms with E-state index in [0.717, 1.165) is 46.0 Å². The Labute approximate surface area is 232 Å². The number of aryl methyl sites for hydroxylation is 1. The monoisotopic (exact) mass is 562 g/mol. The summed E-state index contributed by atoms with van der Waals surface area (Å²) in [7, 11) is 1.67. The molecule has 2 aromatic carbocycles. The number of carbonyl (C=O) groups is 1. The third-order valence-corrected chi connectivity index (χ3v) is 8.87. The summed E-state index contributed by atoms with van der Waals surface area (Å²) < 4.78 is 61.0. The van der Waals surface area contributed by atoms with Gasteiger partial charge in [0.25, 0.3) is 0 Å². The zero-order valence-corrected chi connectivity index (χ0v) is 24.0. The largest absolute Gasteiger partial charge is 0.496 e. The van der Waals surface area contributed by atoms with Crippen molar-refractivity contribution in [1.29, 1.82) is 0 Å². The second-order valence-electron chi connectivity index (χ2n) is 10.8. The van der Waals surface area contributed by atoms with Crippen LogP contribution in [0, 0.1) is 11.3 Å². The third kappa shape index (κ3) is 6.06. The van der Waals surface area contributed by atoms with Crippen molar-refractivity contribution in [2.45, 2.75) is 84.6 Å². The zero-order chi connectivity index (χ0) is 28.4. The van der Waals surface area contributed by atoms with Gasteiger partial charge in [0.1, 0.15) is 29.1 Å². The summed E-state index contributed by atoms with van der Waals surface area (Å²) in [5, 5.41) is 0.977. The molecular formula is C31H37F3O4S. The summed E-state index contributed by atoms with van der Waals surface area (Å²) in [6.45, 7) is 6.50. The molecule has 0 amide bonds. The molecule has 0 aliphatic heterocycles. The van der Waals surface area contributed by atoms with Gasteiger partial charge in [-0.15, -0.1) is 11.3 Å². The topological polar surface area (TPSA) is 44.8 Å². The average molecular weight is 563 g/mol. The first-order valence-corrected chi connectivity index (χ1v) is 14.4. The maximum atomic E-state index is 14.3. The number of methoxy groups -OCH3 is 1. The van der Waals surface area contributed by atoms with Crippen molar-refractivity contribution in [1.82, 2.24) is 0 Å². The molecule has 0 radical (unpaired) electrons. The van der Waals surface area contributed by atoms with Crippen LogP contribution in [-0.4, -0.2) is 31.5 Å². The molecule has 8 heteroatoms. The van der Waals surface area contributed by atoms with Gasteiger partial charge in [0, 0.05) is 15.1 Å². The highest BCUT2D eigenvalue weighted by atomic mass is 32.1. The average Bonchev–Trinajstić information content (AvgIpc) is 3.45. The Bertz CT molecular complexity index is 1300. The molecule has 1 aliphatic rings. The van der Waals surface area contributed by atoms with Gasteiger partial charge in [0.15, 0.2) is 0 Å². The van der Waals surface area contributed by atoms with E-state index in [9.17, 15) is 18.0 Å². The van der Waals surface area contributed by atoms with E-state index in [1.54, 1.807) is 44.4 Å². The summed E-state index contributed by atoms with van der Waals surface area (Å²) >= 11 is 1.55. The van der Waals surface area contributed by atoms with Crippen LogP contribution in [-0.2, 0) is 16.0 Å².